The van der Waals surface area contributed by atoms with E-state index < -0.39 is 35.2 Å². The molecular weight excluding hydrogens is 1070 g/mol. The second-order valence-electron chi connectivity index (χ2n) is 25.9. The Bertz CT molecular complexity index is 2750. The highest BCUT2D eigenvalue weighted by Gasteiger charge is 2.52. The van der Waals surface area contributed by atoms with Gasteiger partial charge in [-0.2, -0.15) is 0 Å². The number of aryl methyl sites for hydroxylation is 3. The molecule has 84 heavy (non-hydrogen) atoms. The minimum Gasteiger partial charge on any atom is -0.465 e. The third-order valence-corrected chi connectivity index (χ3v) is 18.3. The molecular formula is C67H92N2O15. The van der Waals surface area contributed by atoms with E-state index in [0.717, 1.165) is 49.0 Å². The van der Waals surface area contributed by atoms with Crippen LogP contribution >= 0.6 is 0 Å². The Kier molecular flexibility index (Phi) is 21.8. The van der Waals surface area contributed by atoms with Gasteiger partial charge in [-0.25, -0.2) is 9.80 Å². The number of carbonyl (C=O) groups excluding carboxylic acids is 6. The molecule has 3 aromatic rings. The summed E-state index contributed by atoms with van der Waals surface area (Å²) >= 11 is 0. The Morgan fingerprint density at radius 2 is 1.30 bits per heavy atom. The molecule has 17 heteroatoms. The quantitative estimate of drug-likeness (QED) is 0.0264. The highest BCUT2D eigenvalue weighted by atomic mass is 16.6. The number of hydrogen-bond acceptors (Lipinski definition) is 15. The lowest BCUT2D eigenvalue weighted by molar-refractivity contribution is -0.178. The minimum atomic E-state index is -0.645. The van der Waals surface area contributed by atoms with Crippen LogP contribution in [0.15, 0.2) is 66.7 Å². The topological polar surface area (TPSA) is 199 Å². The molecule has 0 aliphatic carbocycles. The molecule has 6 aliphatic heterocycles. The average molecular weight is 1170 g/mol. The zero-order chi connectivity index (χ0) is 60.5. The molecule has 0 bridgehead atoms. The van der Waals surface area contributed by atoms with Gasteiger partial charge in [0.2, 0.25) is 23.6 Å². The first-order valence-corrected chi connectivity index (χ1v) is 30.6. The van der Waals surface area contributed by atoms with E-state index in [0.29, 0.717) is 108 Å². The first kappa shape index (κ1) is 64.6. The first-order valence-electron chi connectivity index (χ1n) is 30.6. The Morgan fingerprint density at radius 3 is 1.87 bits per heavy atom. The smallest absolute Gasteiger partial charge is 0.311 e. The highest BCUT2D eigenvalue weighted by molar-refractivity contribution is 6.23. The maximum absolute atomic E-state index is 14.3. The van der Waals surface area contributed by atoms with Crippen molar-refractivity contribution >= 4 is 46.9 Å². The number of anilines is 2. The number of epoxide rings is 2. The van der Waals surface area contributed by atoms with Gasteiger partial charge < -0.3 is 42.6 Å². The van der Waals surface area contributed by atoms with Crippen LogP contribution in [-0.2, 0) is 66.7 Å². The maximum Gasteiger partial charge on any atom is 0.311 e. The van der Waals surface area contributed by atoms with Gasteiger partial charge in [0.1, 0.15) is 24.6 Å². The van der Waals surface area contributed by atoms with E-state index >= 15 is 0 Å². The molecule has 6 aliphatic rings. The number of imide groups is 2. The van der Waals surface area contributed by atoms with Crippen LogP contribution in [0.3, 0.4) is 0 Å². The Morgan fingerprint density at radius 1 is 0.714 bits per heavy atom. The molecule has 0 spiro atoms. The molecule has 460 valence electrons. The van der Waals surface area contributed by atoms with Crippen molar-refractivity contribution in [3.05, 3.63) is 89.0 Å². The van der Waals surface area contributed by atoms with Crippen molar-refractivity contribution in [3.8, 4) is 5.75 Å². The number of carbonyl (C=O) groups is 6. The molecule has 0 N–H and O–H groups in total. The number of benzene rings is 3. The molecule has 0 radical (unpaired) electrons. The Balaban J connectivity index is 0.000000232. The van der Waals surface area contributed by atoms with Gasteiger partial charge in [0.05, 0.1) is 106 Å². The fourth-order valence-electron chi connectivity index (χ4n) is 12.1. The zero-order valence-electron chi connectivity index (χ0n) is 51.6. The predicted octanol–water partition coefficient (Wildman–Crippen LogP) is 10.1. The zero-order valence-corrected chi connectivity index (χ0v) is 51.6. The van der Waals surface area contributed by atoms with Crippen molar-refractivity contribution < 1.29 is 71.4 Å². The molecule has 3 aromatic carbocycles. The van der Waals surface area contributed by atoms with Crippen molar-refractivity contribution in [1.29, 1.82) is 0 Å². The van der Waals surface area contributed by atoms with Crippen LogP contribution < -0.4 is 14.5 Å². The number of ether oxygens (including phenoxy) is 9. The molecule has 6 fully saturated rings. The minimum absolute atomic E-state index is 0.0150. The maximum atomic E-state index is 14.3. The van der Waals surface area contributed by atoms with Gasteiger partial charge in [-0.05, 0) is 138 Å². The van der Waals surface area contributed by atoms with Gasteiger partial charge in [-0.3, -0.25) is 28.8 Å². The number of esters is 2. The van der Waals surface area contributed by atoms with Gasteiger partial charge in [0.25, 0.3) is 0 Å². The van der Waals surface area contributed by atoms with Gasteiger partial charge in [0.15, 0.2) is 0 Å². The second kappa shape index (κ2) is 28.4. The van der Waals surface area contributed by atoms with Gasteiger partial charge >= 0.3 is 11.9 Å². The number of hydrogen-bond donors (Lipinski definition) is 0. The lowest BCUT2D eigenvalue weighted by Gasteiger charge is -2.42. The molecule has 0 saturated carbocycles. The number of amides is 4. The molecule has 10 atom stereocenters. The van der Waals surface area contributed by atoms with Crippen molar-refractivity contribution in [2.45, 2.75) is 145 Å². The van der Waals surface area contributed by atoms with Crippen molar-refractivity contribution in [2.75, 3.05) is 89.1 Å². The van der Waals surface area contributed by atoms with Crippen LogP contribution in [0.4, 0.5) is 11.4 Å². The van der Waals surface area contributed by atoms with Crippen LogP contribution in [0, 0.1) is 72.5 Å². The van der Waals surface area contributed by atoms with E-state index in [1.165, 1.54) is 22.3 Å². The molecule has 0 aromatic heterocycles. The number of nitrogens with zero attached hydrogens (tertiary/aromatic N) is 2. The summed E-state index contributed by atoms with van der Waals surface area (Å²) < 4.78 is 51.2. The summed E-state index contributed by atoms with van der Waals surface area (Å²) in [4.78, 5) is 82.6. The lowest BCUT2D eigenvalue weighted by Crippen LogP contribution is -2.47. The summed E-state index contributed by atoms with van der Waals surface area (Å²) in [5.41, 5.74) is 4.41. The predicted molar refractivity (Wildman–Crippen MR) is 316 cm³/mol. The summed E-state index contributed by atoms with van der Waals surface area (Å²) in [6, 6.07) is 20.8. The molecule has 17 nitrogen and oxygen atoms in total. The lowest BCUT2D eigenvalue weighted by atomic mass is 9.79. The third-order valence-electron chi connectivity index (χ3n) is 18.3. The number of para-hydroxylation sites is 1. The van der Waals surface area contributed by atoms with E-state index in [1.54, 1.807) is 6.07 Å². The average Bonchev–Trinajstić information content (AvgIpc) is 4.59. The van der Waals surface area contributed by atoms with Crippen molar-refractivity contribution in [2.24, 2.45) is 51.8 Å². The summed E-state index contributed by atoms with van der Waals surface area (Å²) in [5.74, 6) is -3.03. The van der Waals surface area contributed by atoms with Crippen LogP contribution in [-0.4, -0.2) is 133 Å². The standard InChI is InChI=1S/C39H50N2O8.C28H42O7/c1-7-39(20-47-21-39)22-49-29(16-31-26(5)35(42)40(37(31)44)32-11-9-8-10-24(32)3)15-28(17-46-18-30-19-48-30)34-27(6)36(43)41(38(34)45)33-13-12-23(2)14-25(33)4;1-6-28(17-32-18-28)19-34-26(30)27(4,5)12-11-23(13-20(2)14-31-15-25-16-33-25)22-7-9-24(10-8-22)35-21(3)29/h8-14,26-31,34H,7,15-22H2,1-6H3;7-10,20,23,25H,6,11-19H2,1-5H3. The summed E-state index contributed by atoms with van der Waals surface area (Å²) in [6.07, 6.45) is 4.82. The summed E-state index contributed by atoms with van der Waals surface area (Å²) in [6.45, 7) is 27.9. The largest absolute Gasteiger partial charge is 0.465 e. The Hall–Kier alpha value is -5.40. The van der Waals surface area contributed by atoms with E-state index in [9.17, 15) is 28.8 Å². The van der Waals surface area contributed by atoms with E-state index in [2.05, 4.69) is 20.8 Å². The molecule has 10 unspecified atom stereocenters. The highest BCUT2D eigenvalue weighted by Crippen LogP contribution is 2.43. The Labute approximate surface area is 497 Å². The summed E-state index contributed by atoms with van der Waals surface area (Å²) in [5, 5.41) is 0. The van der Waals surface area contributed by atoms with Gasteiger partial charge in [-0.15, -0.1) is 0 Å². The fourth-order valence-corrected chi connectivity index (χ4v) is 12.1. The molecule has 6 saturated heterocycles. The van der Waals surface area contributed by atoms with E-state index in [-0.39, 0.29) is 77.0 Å². The molecule has 4 amide bonds. The first-order chi connectivity index (χ1) is 40.1. The van der Waals surface area contributed by atoms with E-state index in [4.69, 9.17) is 42.6 Å². The van der Waals surface area contributed by atoms with Crippen LogP contribution in [0.25, 0.3) is 0 Å². The SMILES string of the molecule is CCC1(COC(=O)C(C)(C)CCC(CC(C)COCC2CO2)c2ccc(OC(C)=O)cc2)COC1.CCC1(COC(CC(COCC2CO2)C2C(=O)N(c3ccc(C)cc3C)C(=O)C2C)CC2C(=O)N(c3ccccc3C)C(=O)C2C)COC1. The van der Waals surface area contributed by atoms with Gasteiger partial charge in [0, 0.05) is 30.8 Å². The molecule has 9 rings (SSSR count). The molecule has 6 heterocycles. The van der Waals surface area contributed by atoms with Crippen LogP contribution in [0.2, 0.25) is 0 Å². The van der Waals surface area contributed by atoms with E-state index in [1.807, 2.05) is 109 Å². The fraction of sp³-hybridized carbons (Fsp3) is 0.642. The van der Waals surface area contributed by atoms with Crippen LogP contribution in [0.1, 0.15) is 129 Å². The normalized spacial score (nSPS) is 24.6. The second-order valence-corrected chi connectivity index (χ2v) is 25.9. The number of rotatable bonds is 30. The summed E-state index contributed by atoms with van der Waals surface area (Å²) in [7, 11) is 0. The third kappa shape index (κ3) is 16.2. The van der Waals surface area contributed by atoms with Crippen molar-refractivity contribution in [3.63, 3.8) is 0 Å². The van der Waals surface area contributed by atoms with Gasteiger partial charge in [-0.1, -0.05) is 82.6 Å². The van der Waals surface area contributed by atoms with Crippen molar-refractivity contribution in [1.82, 2.24) is 0 Å². The van der Waals surface area contributed by atoms with Crippen LogP contribution in [0.5, 0.6) is 5.75 Å². The monoisotopic (exact) mass is 1160 g/mol.